The summed E-state index contributed by atoms with van der Waals surface area (Å²) in [6.45, 7) is 3.36. The summed E-state index contributed by atoms with van der Waals surface area (Å²) in [5.41, 5.74) is 6.07. The largest absolute Gasteiger partial charge is 0.461 e. The summed E-state index contributed by atoms with van der Waals surface area (Å²) in [6, 6.07) is 30.1. The van der Waals surface area contributed by atoms with Crippen LogP contribution in [-0.4, -0.2) is 36.3 Å². The Hall–Kier alpha value is -5.42. The van der Waals surface area contributed by atoms with Gasteiger partial charge in [0.2, 0.25) is 12.2 Å². The molecule has 0 heterocycles. The first-order chi connectivity index (χ1) is 21.2. The van der Waals surface area contributed by atoms with Crippen LogP contribution in [0.4, 0.5) is 11.4 Å². The Morgan fingerprint density at radius 3 is 1.30 bits per heavy atom. The highest BCUT2D eigenvalue weighted by Crippen LogP contribution is 2.19. The van der Waals surface area contributed by atoms with Gasteiger partial charge in [0.05, 0.1) is 24.2 Å². The van der Waals surface area contributed by atoms with Crippen molar-refractivity contribution in [3.63, 3.8) is 0 Å². The van der Waals surface area contributed by atoms with Crippen LogP contribution >= 0.6 is 0 Å². The molecule has 0 amide bonds. The maximum atomic E-state index is 12.6. The third-order valence-electron chi connectivity index (χ3n) is 6.75. The van der Waals surface area contributed by atoms with Crippen molar-refractivity contribution in [1.29, 1.82) is 0 Å². The van der Waals surface area contributed by atoms with E-state index < -0.39 is 17.5 Å². The van der Waals surface area contributed by atoms with Gasteiger partial charge < -0.3 is 9.47 Å². The zero-order valence-electron chi connectivity index (χ0n) is 24.6. The minimum atomic E-state index is -0.983. The second kappa shape index (κ2) is 15.2. The van der Waals surface area contributed by atoms with Crippen LogP contribution in [-0.2, 0) is 54.3 Å². The van der Waals surface area contributed by atoms with E-state index in [-0.39, 0.29) is 19.4 Å². The molecular formula is C36H32N2O6. The van der Waals surface area contributed by atoms with Gasteiger partial charge in [0, 0.05) is 0 Å². The number of nitrogens with zero attached hydrogens (tertiary/aromatic N) is 2. The van der Waals surface area contributed by atoms with Crippen molar-refractivity contribution in [3.05, 3.63) is 130 Å². The molecule has 222 valence electrons. The van der Waals surface area contributed by atoms with Crippen LogP contribution in [0.3, 0.4) is 0 Å². The van der Waals surface area contributed by atoms with Gasteiger partial charge in [-0.1, -0.05) is 72.8 Å². The quantitative estimate of drug-likeness (QED) is 0.101. The number of aliphatic imine (C=N–C) groups is 2. The van der Waals surface area contributed by atoms with Crippen LogP contribution in [0.15, 0.2) is 107 Å². The molecule has 0 aliphatic rings. The molecule has 4 aromatic rings. The standard InChI is InChI=1S/C36H32N2O6/c1-36(2,44-35(42)22-31-9-5-27(6-10-31)20-29-13-17-33(18-14-29)38-25-40)23-43-34(41)21-30-7-3-26(4-8-30)19-28-11-15-32(16-12-28)37-24-39/h3-18H,19-23H2,1-2H3. The number of carbonyl (C=O) groups is 2. The Balaban J connectivity index is 1.19. The summed E-state index contributed by atoms with van der Waals surface area (Å²) >= 11 is 0. The third kappa shape index (κ3) is 10.1. The maximum Gasteiger partial charge on any atom is 0.310 e. The van der Waals surface area contributed by atoms with Crippen LogP contribution < -0.4 is 0 Å². The predicted octanol–water partition coefficient (Wildman–Crippen LogP) is 6.45. The Morgan fingerprint density at radius 2 is 0.909 bits per heavy atom. The second-order valence-electron chi connectivity index (χ2n) is 11.0. The minimum Gasteiger partial charge on any atom is -0.461 e. The van der Waals surface area contributed by atoms with Gasteiger partial charge in [-0.05, 0) is 84.3 Å². The number of isocyanates is 2. The lowest BCUT2D eigenvalue weighted by molar-refractivity contribution is -0.167. The van der Waals surface area contributed by atoms with Crippen molar-refractivity contribution >= 4 is 35.5 Å². The molecule has 0 saturated heterocycles. The van der Waals surface area contributed by atoms with E-state index in [2.05, 4.69) is 9.98 Å². The SMILES string of the molecule is CC(C)(COC(=O)Cc1ccc(Cc2ccc(N=C=O)cc2)cc1)OC(=O)Cc1ccc(Cc2ccc(N=C=O)cc2)cc1. The number of hydrogen-bond donors (Lipinski definition) is 0. The first-order valence-electron chi connectivity index (χ1n) is 14.1. The van der Waals surface area contributed by atoms with Crippen molar-refractivity contribution in [3.8, 4) is 0 Å². The monoisotopic (exact) mass is 588 g/mol. The molecule has 0 unspecified atom stereocenters. The number of carbonyl (C=O) groups excluding carboxylic acids is 4. The molecule has 44 heavy (non-hydrogen) atoms. The van der Waals surface area contributed by atoms with Gasteiger partial charge in [0.15, 0.2) is 0 Å². The van der Waals surface area contributed by atoms with Gasteiger partial charge in [-0.15, -0.1) is 0 Å². The molecule has 0 radical (unpaired) electrons. The molecular weight excluding hydrogens is 556 g/mol. The fraction of sp³-hybridized carbons (Fsp3) is 0.222. The summed E-state index contributed by atoms with van der Waals surface area (Å²) in [5, 5.41) is 0. The molecule has 8 heteroatoms. The van der Waals surface area contributed by atoms with Crippen molar-refractivity contribution < 1.29 is 28.7 Å². The number of hydrogen-bond acceptors (Lipinski definition) is 8. The highest BCUT2D eigenvalue weighted by molar-refractivity contribution is 5.74. The third-order valence-corrected chi connectivity index (χ3v) is 6.75. The molecule has 0 fully saturated rings. The molecule has 0 aliphatic carbocycles. The highest BCUT2D eigenvalue weighted by Gasteiger charge is 2.25. The first kappa shape index (κ1) is 31.5. The maximum absolute atomic E-state index is 12.6. The van der Waals surface area contributed by atoms with Crippen molar-refractivity contribution in [2.45, 2.75) is 45.1 Å². The summed E-state index contributed by atoms with van der Waals surface area (Å²) in [6.07, 6.45) is 4.66. The van der Waals surface area contributed by atoms with Gasteiger partial charge in [-0.3, -0.25) is 9.59 Å². The normalized spacial score (nSPS) is 10.7. The summed E-state index contributed by atoms with van der Waals surface area (Å²) < 4.78 is 11.1. The Kier molecular flexibility index (Phi) is 10.9. The number of ether oxygens (including phenoxy) is 2. The molecule has 0 saturated carbocycles. The molecule has 4 aromatic carbocycles. The predicted molar refractivity (Wildman–Crippen MR) is 165 cm³/mol. The van der Waals surface area contributed by atoms with Gasteiger partial charge in [0.1, 0.15) is 12.2 Å². The topological polar surface area (TPSA) is 111 Å². The molecule has 0 spiro atoms. The summed E-state index contributed by atoms with van der Waals surface area (Å²) in [4.78, 5) is 53.0. The molecule has 8 nitrogen and oxygen atoms in total. The number of esters is 2. The summed E-state index contributed by atoms with van der Waals surface area (Å²) in [5.74, 6) is -0.818. The van der Waals surface area contributed by atoms with E-state index in [0.717, 1.165) is 33.4 Å². The molecule has 0 bridgehead atoms. The lowest BCUT2D eigenvalue weighted by Crippen LogP contribution is -2.35. The Labute approximate surface area is 256 Å². The Bertz CT molecular complexity index is 1660. The summed E-state index contributed by atoms with van der Waals surface area (Å²) in [7, 11) is 0. The Morgan fingerprint density at radius 1 is 0.568 bits per heavy atom. The zero-order chi connectivity index (χ0) is 31.4. The van der Waals surface area contributed by atoms with E-state index in [0.29, 0.717) is 24.2 Å². The van der Waals surface area contributed by atoms with Crippen molar-refractivity contribution in [2.24, 2.45) is 9.98 Å². The van der Waals surface area contributed by atoms with Crippen molar-refractivity contribution in [1.82, 2.24) is 0 Å². The van der Waals surface area contributed by atoms with E-state index in [1.165, 1.54) is 12.2 Å². The van der Waals surface area contributed by atoms with E-state index in [4.69, 9.17) is 9.47 Å². The van der Waals surface area contributed by atoms with E-state index in [1.54, 1.807) is 38.1 Å². The van der Waals surface area contributed by atoms with Crippen LogP contribution in [0.5, 0.6) is 0 Å². The fourth-order valence-corrected chi connectivity index (χ4v) is 4.52. The average molecular weight is 589 g/mol. The van der Waals surface area contributed by atoms with E-state index in [9.17, 15) is 19.2 Å². The van der Waals surface area contributed by atoms with Gasteiger partial charge in [-0.25, -0.2) is 9.59 Å². The molecule has 4 rings (SSSR count). The van der Waals surface area contributed by atoms with E-state index in [1.807, 2.05) is 72.8 Å². The first-order valence-corrected chi connectivity index (χ1v) is 14.1. The second-order valence-corrected chi connectivity index (χ2v) is 11.0. The minimum absolute atomic E-state index is 0.0598. The average Bonchev–Trinajstić information content (AvgIpc) is 3.00. The van der Waals surface area contributed by atoms with Crippen LogP contribution in [0.2, 0.25) is 0 Å². The van der Waals surface area contributed by atoms with E-state index >= 15 is 0 Å². The number of rotatable bonds is 13. The molecule has 0 atom stereocenters. The fourth-order valence-electron chi connectivity index (χ4n) is 4.52. The number of benzene rings is 4. The van der Waals surface area contributed by atoms with Gasteiger partial charge in [0.25, 0.3) is 0 Å². The smallest absolute Gasteiger partial charge is 0.310 e. The lowest BCUT2D eigenvalue weighted by atomic mass is 10.0. The highest BCUT2D eigenvalue weighted by atomic mass is 16.6. The van der Waals surface area contributed by atoms with Crippen LogP contribution in [0.25, 0.3) is 0 Å². The lowest BCUT2D eigenvalue weighted by Gasteiger charge is -2.24. The van der Waals surface area contributed by atoms with Crippen LogP contribution in [0, 0.1) is 0 Å². The van der Waals surface area contributed by atoms with Crippen molar-refractivity contribution in [2.75, 3.05) is 6.61 Å². The molecule has 0 N–H and O–H groups in total. The molecule has 0 aliphatic heterocycles. The molecule has 0 aromatic heterocycles. The van der Waals surface area contributed by atoms with Gasteiger partial charge in [-0.2, -0.15) is 9.98 Å². The van der Waals surface area contributed by atoms with Gasteiger partial charge >= 0.3 is 11.9 Å². The van der Waals surface area contributed by atoms with Crippen LogP contribution in [0.1, 0.15) is 47.2 Å². The zero-order valence-corrected chi connectivity index (χ0v) is 24.6.